The van der Waals surface area contributed by atoms with Gasteiger partial charge in [-0.2, -0.15) is 0 Å². The molecule has 2 bridgehead atoms. The predicted molar refractivity (Wildman–Crippen MR) is 100 cm³/mol. The smallest absolute Gasteiger partial charge is 0.0679 e. The summed E-state index contributed by atoms with van der Waals surface area (Å²) in [6.45, 7) is 2.53. The third-order valence-electron chi connectivity index (χ3n) is 6.74. The molecule has 1 N–H and O–H groups in total. The van der Waals surface area contributed by atoms with E-state index in [0.29, 0.717) is 12.1 Å². The summed E-state index contributed by atoms with van der Waals surface area (Å²) >= 11 is 0. The molecule has 1 aromatic rings. The van der Waals surface area contributed by atoms with E-state index in [1.165, 1.54) is 44.1 Å². The number of nitrogens with zero attached hydrogens (tertiary/aromatic N) is 1. The Hall–Kier alpha value is -0.900. The van der Waals surface area contributed by atoms with Gasteiger partial charge in [0, 0.05) is 18.6 Å². The van der Waals surface area contributed by atoms with Crippen LogP contribution >= 0.6 is 0 Å². The van der Waals surface area contributed by atoms with Gasteiger partial charge >= 0.3 is 0 Å². The minimum atomic E-state index is -0.469. The lowest BCUT2D eigenvalue weighted by Crippen LogP contribution is -2.61. The van der Waals surface area contributed by atoms with Crippen molar-refractivity contribution >= 4 is 0 Å². The maximum absolute atomic E-state index is 11.3. The van der Waals surface area contributed by atoms with Crippen molar-refractivity contribution in [1.29, 1.82) is 0 Å². The monoisotopic (exact) mass is 343 g/mol. The summed E-state index contributed by atoms with van der Waals surface area (Å²) in [5, 5.41) is 11.3. The van der Waals surface area contributed by atoms with Crippen LogP contribution in [0.15, 0.2) is 30.3 Å². The van der Waals surface area contributed by atoms with Gasteiger partial charge in [0.25, 0.3) is 0 Å². The Kier molecular flexibility index (Phi) is 5.44. The minimum absolute atomic E-state index is 0.365. The van der Waals surface area contributed by atoms with Crippen LogP contribution in [0.4, 0.5) is 0 Å². The molecule has 2 saturated heterocycles. The number of piperidine rings is 1. The Morgan fingerprint density at radius 1 is 1.00 bits per heavy atom. The third kappa shape index (κ3) is 4.27. The average molecular weight is 344 g/mol. The van der Waals surface area contributed by atoms with E-state index < -0.39 is 5.60 Å². The Balaban J connectivity index is 1.38. The average Bonchev–Trinajstić information content (AvgIpc) is 2.63. The number of aliphatic hydroxyl groups is 1. The highest BCUT2D eigenvalue weighted by Gasteiger charge is 2.45. The van der Waals surface area contributed by atoms with Gasteiger partial charge in [0.2, 0.25) is 0 Å². The number of rotatable bonds is 5. The fourth-order valence-corrected chi connectivity index (χ4v) is 5.35. The summed E-state index contributed by atoms with van der Waals surface area (Å²) in [7, 11) is 0. The van der Waals surface area contributed by atoms with Crippen LogP contribution < -0.4 is 0 Å². The number of hydrogen-bond acceptors (Lipinski definition) is 3. The zero-order valence-corrected chi connectivity index (χ0v) is 15.4. The van der Waals surface area contributed by atoms with Gasteiger partial charge in [0.1, 0.15) is 0 Å². The van der Waals surface area contributed by atoms with E-state index in [0.717, 1.165) is 44.9 Å². The van der Waals surface area contributed by atoms with Crippen molar-refractivity contribution in [3.05, 3.63) is 35.9 Å². The van der Waals surface area contributed by atoms with Crippen LogP contribution in [0, 0.1) is 5.92 Å². The fraction of sp³-hybridized carbons (Fsp3) is 0.727. The molecule has 3 aliphatic rings. The predicted octanol–water partition coefficient (Wildman–Crippen LogP) is 4.14. The standard InChI is InChI=1S/C22H33NO2/c24-22(12-11-18-7-3-1-4-8-18)13-20-16-25-17-21(14-22)23(20)15-19-9-5-2-6-10-19/h2,5-6,9-10,18,20-21,24H,1,3-4,7-8,11-17H2. The molecule has 1 aromatic carbocycles. The number of ether oxygens (including phenoxy) is 1. The van der Waals surface area contributed by atoms with Crippen LogP contribution in [0.25, 0.3) is 0 Å². The first-order chi connectivity index (χ1) is 12.2. The second kappa shape index (κ2) is 7.77. The van der Waals surface area contributed by atoms with Crippen molar-refractivity contribution in [3.8, 4) is 0 Å². The zero-order valence-electron chi connectivity index (χ0n) is 15.4. The van der Waals surface area contributed by atoms with Gasteiger partial charge in [-0.15, -0.1) is 0 Å². The minimum Gasteiger partial charge on any atom is -0.390 e. The van der Waals surface area contributed by atoms with E-state index in [2.05, 4.69) is 35.2 Å². The summed E-state index contributed by atoms with van der Waals surface area (Å²) < 4.78 is 5.84. The molecule has 2 unspecified atom stereocenters. The van der Waals surface area contributed by atoms with E-state index in [4.69, 9.17) is 4.74 Å². The quantitative estimate of drug-likeness (QED) is 0.872. The largest absolute Gasteiger partial charge is 0.390 e. The van der Waals surface area contributed by atoms with Gasteiger partial charge in [-0.25, -0.2) is 0 Å². The molecule has 2 heterocycles. The second-order valence-electron chi connectivity index (χ2n) is 8.68. The normalized spacial score (nSPS) is 34.1. The first-order valence-corrected chi connectivity index (χ1v) is 10.3. The molecule has 4 rings (SSSR count). The van der Waals surface area contributed by atoms with Crippen LogP contribution in [-0.4, -0.2) is 40.9 Å². The number of fused-ring (bicyclic) bond motifs is 2. The first kappa shape index (κ1) is 17.5. The summed E-state index contributed by atoms with van der Waals surface area (Å²) in [5.74, 6) is 0.858. The van der Waals surface area contributed by atoms with Gasteiger partial charge < -0.3 is 9.84 Å². The maximum atomic E-state index is 11.3. The van der Waals surface area contributed by atoms with Crippen LogP contribution in [0.2, 0.25) is 0 Å². The van der Waals surface area contributed by atoms with E-state index in [1.54, 1.807) is 0 Å². The molecule has 2 aliphatic heterocycles. The molecular weight excluding hydrogens is 310 g/mol. The lowest BCUT2D eigenvalue weighted by atomic mass is 9.75. The molecule has 0 aromatic heterocycles. The first-order valence-electron chi connectivity index (χ1n) is 10.3. The number of benzene rings is 1. The molecule has 2 atom stereocenters. The highest BCUT2D eigenvalue weighted by atomic mass is 16.5. The van der Waals surface area contributed by atoms with Crippen molar-refractivity contribution < 1.29 is 9.84 Å². The molecule has 138 valence electrons. The van der Waals surface area contributed by atoms with E-state index in [1.807, 2.05) is 0 Å². The van der Waals surface area contributed by atoms with E-state index in [9.17, 15) is 5.11 Å². The highest BCUT2D eigenvalue weighted by molar-refractivity contribution is 5.15. The van der Waals surface area contributed by atoms with Crippen LogP contribution in [0.5, 0.6) is 0 Å². The summed E-state index contributed by atoms with van der Waals surface area (Å²) in [5.41, 5.74) is 0.899. The van der Waals surface area contributed by atoms with Crippen LogP contribution in [0.3, 0.4) is 0 Å². The molecule has 1 aliphatic carbocycles. The lowest BCUT2D eigenvalue weighted by molar-refractivity contribution is -0.149. The van der Waals surface area contributed by atoms with Crippen LogP contribution in [-0.2, 0) is 11.3 Å². The summed E-state index contributed by atoms with van der Waals surface area (Å²) in [6, 6.07) is 11.5. The third-order valence-corrected chi connectivity index (χ3v) is 6.74. The summed E-state index contributed by atoms with van der Waals surface area (Å²) in [6.07, 6.45) is 10.9. The van der Waals surface area contributed by atoms with Crippen molar-refractivity contribution in [2.75, 3.05) is 13.2 Å². The Bertz CT molecular complexity index is 526. The van der Waals surface area contributed by atoms with E-state index in [-0.39, 0.29) is 0 Å². The molecule has 0 amide bonds. The molecule has 0 spiro atoms. The zero-order chi connectivity index (χ0) is 17.1. The molecule has 3 nitrogen and oxygen atoms in total. The van der Waals surface area contributed by atoms with E-state index >= 15 is 0 Å². The lowest BCUT2D eigenvalue weighted by Gasteiger charge is -2.52. The molecule has 0 radical (unpaired) electrons. The Morgan fingerprint density at radius 2 is 1.68 bits per heavy atom. The SMILES string of the molecule is OC1(CCC2CCCCC2)CC2COCC(C1)N2Cc1ccccc1. The Labute approximate surface area is 152 Å². The topological polar surface area (TPSA) is 32.7 Å². The van der Waals surface area contributed by atoms with Crippen molar-refractivity contribution in [3.63, 3.8) is 0 Å². The molecule has 1 saturated carbocycles. The Morgan fingerprint density at radius 3 is 2.36 bits per heavy atom. The van der Waals surface area contributed by atoms with Crippen LogP contribution in [0.1, 0.15) is 63.4 Å². The summed E-state index contributed by atoms with van der Waals surface area (Å²) in [4.78, 5) is 2.59. The van der Waals surface area contributed by atoms with Gasteiger partial charge in [-0.05, 0) is 37.2 Å². The number of hydrogen-bond donors (Lipinski definition) is 1. The van der Waals surface area contributed by atoms with Crippen molar-refractivity contribution in [2.24, 2.45) is 5.92 Å². The molecule has 3 heteroatoms. The van der Waals surface area contributed by atoms with Gasteiger partial charge in [-0.1, -0.05) is 62.4 Å². The van der Waals surface area contributed by atoms with Crippen molar-refractivity contribution in [1.82, 2.24) is 4.90 Å². The van der Waals surface area contributed by atoms with Crippen molar-refractivity contribution in [2.45, 2.75) is 82.0 Å². The molecule has 25 heavy (non-hydrogen) atoms. The van der Waals surface area contributed by atoms with Gasteiger partial charge in [0.15, 0.2) is 0 Å². The highest BCUT2D eigenvalue weighted by Crippen LogP contribution is 2.40. The second-order valence-corrected chi connectivity index (χ2v) is 8.68. The fourth-order valence-electron chi connectivity index (χ4n) is 5.35. The van der Waals surface area contributed by atoms with Gasteiger partial charge in [0.05, 0.1) is 18.8 Å². The van der Waals surface area contributed by atoms with Gasteiger partial charge in [-0.3, -0.25) is 4.90 Å². The maximum Gasteiger partial charge on any atom is 0.0679 e. The number of morpholine rings is 1. The molecular formula is C22H33NO2. The molecule has 3 fully saturated rings.